The molecule has 4 heterocycles. The maximum Gasteiger partial charge on any atom is 0.0853 e. The van der Waals surface area contributed by atoms with Gasteiger partial charge in [0.25, 0.3) is 0 Å². The number of aliphatic hydroxyl groups is 1. The predicted octanol–water partition coefficient (Wildman–Crippen LogP) is 1.05. The van der Waals surface area contributed by atoms with Crippen molar-refractivity contribution in [3.05, 3.63) is 35.4 Å². The zero-order valence-electron chi connectivity index (χ0n) is 12.4. The van der Waals surface area contributed by atoms with Crippen molar-refractivity contribution in [2.45, 2.75) is 31.1 Å². The van der Waals surface area contributed by atoms with Gasteiger partial charge in [-0.3, -0.25) is 9.80 Å². The van der Waals surface area contributed by atoms with E-state index in [-0.39, 0.29) is 18.2 Å². The van der Waals surface area contributed by atoms with E-state index in [1.54, 1.807) is 0 Å². The van der Waals surface area contributed by atoms with Crippen molar-refractivity contribution in [1.82, 2.24) is 9.80 Å². The Morgan fingerprint density at radius 3 is 2.76 bits per heavy atom. The summed E-state index contributed by atoms with van der Waals surface area (Å²) in [5.74, 6) is 0. The predicted molar refractivity (Wildman–Crippen MR) is 81.3 cm³/mol. The smallest absolute Gasteiger partial charge is 0.0853 e. The highest BCUT2D eigenvalue weighted by Gasteiger charge is 2.37. The van der Waals surface area contributed by atoms with Crippen LogP contribution in [-0.4, -0.2) is 66.4 Å². The molecule has 1 N–H and O–H groups in total. The standard InChI is InChI=1S/C17H24N2O2/c20-16(15-12-18-6-8-19(15)9-7-18)11-17-14-4-2-1-3-13(14)5-10-21-17/h1-4,15-17,20H,5-12H2. The first-order valence-corrected chi connectivity index (χ1v) is 8.15. The van der Waals surface area contributed by atoms with Crippen molar-refractivity contribution in [3.8, 4) is 0 Å². The summed E-state index contributed by atoms with van der Waals surface area (Å²) in [5.41, 5.74) is 2.66. The summed E-state index contributed by atoms with van der Waals surface area (Å²) in [6.07, 6.45) is 1.46. The fourth-order valence-electron chi connectivity index (χ4n) is 4.07. The Labute approximate surface area is 126 Å². The van der Waals surface area contributed by atoms with E-state index in [0.29, 0.717) is 6.42 Å². The van der Waals surface area contributed by atoms with Crippen LogP contribution in [0.5, 0.6) is 0 Å². The fraction of sp³-hybridized carbons (Fsp3) is 0.647. The molecular formula is C17H24N2O2. The van der Waals surface area contributed by atoms with Gasteiger partial charge in [-0.25, -0.2) is 0 Å². The summed E-state index contributed by atoms with van der Waals surface area (Å²) in [5, 5.41) is 10.7. The molecule has 5 rings (SSSR count). The highest BCUT2D eigenvalue weighted by molar-refractivity contribution is 5.31. The van der Waals surface area contributed by atoms with Gasteiger partial charge < -0.3 is 9.84 Å². The van der Waals surface area contributed by atoms with Crippen molar-refractivity contribution in [3.63, 3.8) is 0 Å². The lowest BCUT2D eigenvalue weighted by atomic mass is 9.91. The third-order valence-electron chi connectivity index (χ3n) is 5.31. The Morgan fingerprint density at radius 1 is 1.19 bits per heavy atom. The van der Waals surface area contributed by atoms with Crippen LogP contribution >= 0.6 is 0 Å². The van der Waals surface area contributed by atoms with E-state index in [2.05, 4.69) is 34.1 Å². The van der Waals surface area contributed by atoms with Gasteiger partial charge in [0, 0.05) is 45.2 Å². The SMILES string of the molecule is OC(CC1OCCc2ccccc21)C1CN2CCN1CC2. The van der Waals surface area contributed by atoms with E-state index < -0.39 is 0 Å². The maximum absolute atomic E-state index is 10.7. The lowest BCUT2D eigenvalue weighted by Gasteiger charge is -2.49. The lowest BCUT2D eigenvalue weighted by molar-refractivity contribution is -0.0701. The summed E-state index contributed by atoms with van der Waals surface area (Å²) in [4.78, 5) is 4.93. The third kappa shape index (κ3) is 2.61. The first kappa shape index (κ1) is 13.7. The quantitative estimate of drug-likeness (QED) is 0.902. The maximum atomic E-state index is 10.7. The molecule has 3 atom stereocenters. The van der Waals surface area contributed by atoms with Crippen LogP contribution in [0.4, 0.5) is 0 Å². The summed E-state index contributed by atoms with van der Waals surface area (Å²) >= 11 is 0. The van der Waals surface area contributed by atoms with Crippen molar-refractivity contribution in [2.75, 3.05) is 39.3 Å². The Morgan fingerprint density at radius 2 is 2.00 bits per heavy atom. The molecule has 3 unspecified atom stereocenters. The van der Waals surface area contributed by atoms with Crippen LogP contribution in [0.15, 0.2) is 24.3 Å². The van der Waals surface area contributed by atoms with E-state index >= 15 is 0 Å². The molecule has 0 amide bonds. The Hall–Kier alpha value is -0.940. The van der Waals surface area contributed by atoms with Gasteiger partial charge in [-0.15, -0.1) is 0 Å². The normalized spacial score (nSPS) is 36.2. The van der Waals surface area contributed by atoms with Crippen LogP contribution in [0.1, 0.15) is 23.7 Å². The van der Waals surface area contributed by atoms with E-state index in [9.17, 15) is 5.11 Å². The van der Waals surface area contributed by atoms with E-state index in [4.69, 9.17) is 4.74 Å². The number of ether oxygens (including phenoxy) is 1. The zero-order chi connectivity index (χ0) is 14.2. The van der Waals surface area contributed by atoms with Gasteiger partial charge >= 0.3 is 0 Å². The van der Waals surface area contributed by atoms with Crippen molar-refractivity contribution in [1.29, 1.82) is 0 Å². The second kappa shape index (κ2) is 5.69. The van der Waals surface area contributed by atoms with Crippen LogP contribution in [-0.2, 0) is 11.2 Å². The molecule has 0 aliphatic carbocycles. The number of fused-ring (bicyclic) bond motifs is 4. The first-order chi connectivity index (χ1) is 10.3. The fourth-order valence-corrected chi connectivity index (χ4v) is 4.07. The molecule has 2 bridgehead atoms. The minimum Gasteiger partial charge on any atom is -0.391 e. The first-order valence-electron chi connectivity index (χ1n) is 8.15. The van der Waals surface area contributed by atoms with Gasteiger partial charge in [0.2, 0.25) is 0 Å². The third-order valence-corrected chi connectivity index (χ3v) is 5.31. The van der Waals surface area contributed by atoms with Crippen LogP contribution in [0.25, 0.3) is 0 Å². The van der Waals surface area contributed by atoms with Gasteiger partial charge in [-0.1, -0.05) is 24.3 Å². The molecule has 4 aliphatic rings. The number of benzene rings is 1. The van der Waals surface area contributed by atoms with Gasteiger partial charge in [0.15, 0.2) is 0 Å². The molecule has 4 heteroatoms. The molecule has 1 aromatic rings. The molecular weight excluding hydrogens is 264 g/mol. The minimum absolute atomic E-state index is 0.0570. The molecule has 114 valence electrons. The molecule has 4 nitrogen and oxygen atoms in total. The van der Waals surface area contributed by atoms with E-state index in [1.165, 1.54) is 11.1 Å². The Kier molecular flexibility index (Phi) is 3.71. The number of nitrogens with zero attached hydrogens (tertiary/aromatic N) is 2. The number of piperazine rings is 3. The van der Waals surface area contributed by atoms with E-state index in [0.717, 1.165) is 45.8 Å². The number of hydrogen-bond donors (Lipinski definition) is 1. The molecule has 4 aliphatic heterocycles. The highest BCUT2D eigenvalue weighted by Crippen LogP contribution is 2.32. The monoisotopic (exact) mass is 288 g/mol. The molecule has 3 saturated heterocycles. The summed E-state index contributed by atoms with van der Waals surface area (Å²) in [6.45, 7) is 6.30. The minimum atomic E-state index is -0.302. The van der Waals surface area contributed by atoms with Crippen molar-refractivity contribution < 1.29 is 9.84 Å². The van der Waals surface area contributed by atoms with Gasteiger partial charge in [-0.05, 0) is 17.5 Å². The molecule has 0 spiro atoms. The average molecular weight is 288 g/mol. The molecule has 21 heavy (non-hydrogen) atoms. The zero-order valence-corrected chi connectivity index (χ0v) is 12.4. The summed E-state index contributed by atoms with van der Waals surface area (Å²) in [6, 6.07) is 8.80. The van der Waals surface area contributed by atoms with Gasteiger partial charge in [0.1, 0.15) is 0 Å². The van der Waals surface area contributed by atoms with Crippen LogP contribution in [0, 0.1) is 0 Å². The summed E-state index contributed by atoms with van der Waals surface area (Å²) in [7, 11) is 0. The van der Waals surface area contributed by atoms with Gasteiger partial charge in [0.05, 0.1) is 18.8 Å². The Bertz CT molecular complexity index is 499. The Balaban J connectivity index is 1.47. The second-order valence-corrected chi connectivity index (χ2v) is 6.52. The van der Waals surface area contributed by atoms with Crippen molar-refractivity contribution in [2.24, 2.45) is 0 Å². The largest absolute Gasteiger partial charge is 0.391 e. The van der Waals surface area contributed by atoms with E-state index in [1.807, 2.05) is 0 Å². The molecule has 0 aromatic heterocycles. The molecule has 0 saturated carbocycles. The highest BCUT2D eigenvalue weighted by atomic mass is 16.5. The second-order valence-electron chi connectivity index (χ2n) is 6.52. The summed E-state index contributed by atoms with van der Waals surface area (Å²) < 4.78 is 5.95. The van der Waals surface area contributed by atoms with Crippen LogP contribution < -0.4 is 0 Å². The number of rotatable bonds is 3. The molecule has 1 aromatic carbocycles. The molecule has 3 fully saturated rings. The van der Waals surface area contributed by atoms with Crippen LogP contribution in [0.3, 0.4) is 0 Å². The lowest BCUT2D eigenvalue weighted by Crippen LogP contribution is -2.64. The number of aliphatic hydroxyl groups excluding tert-OH is 1. The van der Waals surface area contributed by atoms with Crippen molar-refractivity contribution >= 4 is 0 Å². The average Bonchev–Trinajstić information content (AvgIpc) is 2.56. The van der Waals surface area contributed by atoms with Gasteiger partial charge in [-0.2, -0.15) is 0 Å². The van der Waals surface area contributed by atoms with Crippen LogP contribution in [0.2, 0.25) is 0 Å². The topological polar surface area (TPSA) is 35.9 Å². The molecule has 0 radical (unpaired) electrons. The number of hydrogen-bond acceptors (Lipinski definition) is 4.